The Morgan fingerprint density at radius 3 is 2.62 bits per heavy atom. The van der Waals surface area contributed by atoms with Crippen molar-refractivity contribution in [3.8, 4) is 11.4 Å². The number of carbonyl (C=O) groups is 1. The molecule has 0 N–H and O–H groups in total. The average Bonchev–Trinajstić information content (AvgIpc) is 2.93. The molecule has 0 aliphatic heterocycles. The summed E-state index contributed by atoms with van der Waals surface area (Å²) in [6.07, 6.45) is 1.42. The first-order valence-electron chi connectivity index (χ1n) is 7.42. The molecule has 0 saturated carbocycles. The van der Waals surface area contributed by atoms with Crippen LogP contribution >= 0.6 is 11.6 Å². The van der Waals surface area contributed by atoms with E-state index in [0.29, 0.717) is 21.7 Å². The summed E-state index contributed by atoms with van der Waals surface area (Å²) in [6.45, 7) is 3.84. The molecule has 2 aromatic heterocycles. The van der Waals surface area contributed by atoms with Crippen molar-refractivity contribution < 1.29 is 14.3 Å². The van der Waals surface area contributed by atoms with Crippen LogP contribution < -0.4 is 4.74 Å². The van der Waals surface area contributed by atoms with Crippen molar-refractivity contribution in [2.24, 2.45) is 0 Å². The number of rotatable bonds is 4. The molecule has 0 fully saturated rings. The van der Waals surface area contributed by atoms with Crippen LogP contribution in [0.3, 0.4) is 0 Å². The van der Waals surface area contributed by atoms with Crippen molar-refractivity contribution in [3.05, 3.63) is 46.7 Å². The van der Waals surface area contributed by atoms with Crippen LogP contribution in [0.4, 0.5) is 0 Å². The van der Waals surface area contributed by atoms with Gasteiger partial charge in [-0.1, -0.05) is 11.6 Å². The number of esters is 1. The normalized spacial score (nSPS) is 10.8. The molecule has 7 heteroatoms. The predicted molar refractivity (Wildman–Crippen MR) is 91.1 cm³/mol. The molecule has 3 aromatic rings. The minimum absolute atomic E-state index is 0.239. The van der Waals surface area contributed by atoms with Gasteiger partial charge >= 0.3 is 5.97 Å². The summed E-state index contributed by atoms with van der Waals surface area (Å²) in [5.74, 6) is 0.260. The van der Waals surface area contributed by atoms with Crippen molar-refractivity contribution in [1.29, 1.82) is 0 Å². The van der Waals surface area contributed by atoms with Crippen LogP contribution in [0.15, 0.2) is 30.5 Å². The Hall–Kier alpha value is -2.60. The van der Waals surface area contributed by atoms with Crippen molar-refractivity contribution in [2.45, 2.75) is 13.8 Å². The van der Waals surface area contributed by atoms with Gasteiger partial charge in [0.1, 0.15) is 5.75 Å². The minimum Gasteiger partial charge on any atom is -0.497 e. The van der Waals surface area contributed by atoms with Gasteiger partial charge in [-0.3, -0.25) is 0 Å². The summed E-state index contributed by atoms with van der Waals surface area (Å²) >= 11 is 6.41. The van der Waals surface area contributed by atoms with Crippen LogP contribution in [-0.4, -0.2) is 34.5 Å². The van der Waals surface area contributed by atoms with Crippen LogP contribution in [0.5, 0.6) is 5.75 Å². The number of fused-ring (bicyclic) bond motifs is 1. The lowest BCUT2D eigenvalue weighted by atomic mass is 10.2. The highest BCUT2D eigenvalue weighted by Gasteiger charge is 2.20. The number of hydrogen-bond acceptors (Lipinski definition) is 5. The molecule has 0 bridgehead atoms. The van der Waals surface area contributed by atoms with Crippen LogP contribution in [0.1, 0.15) is 23.0 Å². The molecule has 0 unspecified atom stereocenters. The fourth-order valence-electron chi connectivity index (χ4n) is 2.46. The van der Waals surface area contributed by atoms with E-state index in [-0.39, 0.29) is 12.2 Å². The Morgan fingerprint density at radius 1 is 1.29 bits per heavy atom. The number of carbonyl (C=O) groups excluding carboxylic acids is 1. The molecule has 0 spiro atoms. The Morgan fingerprint density at radius 2 is 2.00 bits per heavy atom. The van der Waals surface area contributed by atoms with Crippen LogP contribution in [0, 0.1) is 6.92 Å². The van der Waals surface area contributed by atoms with Gasteiger partial charge in [0.15, 0.2) is 5.65 Å². The quantitative estimate of drug-likeness (QED) is 0.676. The number of halogens is 1. The second-order valence-electron chi connectivity index (χ2n) is 5.10. The van der Waals surface area contributed by atoms with Gasteiger partial charge in [0.05, 0.1) is 41.1 Å². The molecule has 3 rings (SSSR count). The molecular weight excluding hydrogens is 330 g/mol. The summed E-state index contributed by atoms with van der Waals surface area (Å²) in [5.41, 5.74) is 2.32. The van der Waals surface area contributed by atoms with E-state index in [1.165, 1.54) is 6.20 Å². The number of methoxy groups -OCH3 is 1. The van der Waals surface area contributed by atoms with E-state index < -0.39 is 5.97 Å². The largest absolute Gasteiger partial charge is 0.497 e. The van der Waals surface area contributed by atoms with Crippen molar-refractivity contribution in [3.63, 3.8) is 0 Å². The standard InChI is InChI=1S/C17H16ClN3O3/c1-4-24-17(22)13-9-19-16-14(15(13)18)10(2)20-21(16)11-5-7-12(23-3)8-6-11/h5-9H,4H2,1-3H3. The number of benzene rings is 1. The molecule has 0 aliphatic carbocycles. The Kier molecular flexibility index (Phi) is 4.40. The van der Waals surface area contributed by atoms with E-state index >= 15 is 0 Å². The summed E-state index contributed by atoms with van der Waals surface area (Å²) in [4.78, 5) is 16.3. The first-order chi connectivity index (χ1) is 11.6. The van der Waals surface area contributed by atoms with E-state index in [1.807, 2.05) is 31.2 Å². The molecule has 124 valence electrons. The molecule has 0 atom stereocenters. The number of ether oxygens (including phenoxy) is 2. The van der Waals surface area contributed by atoms with E-state index in [0.717, 1.165) is 11.4 Å². The number of aromatic nitrogens is 3. The number of hydrogen-bond donors (Lipinski definition) is 0. The highest BCUT2D eigenvalue weighted by atomic mass is 35.5. The van der Waals surface area contributed by atoms with Gasteiger partial charge in [-0.05, 0) is 38.1 Å². The second-order valence-corrected chi connectivity index (χ2v) is 5.48. The topological polar surface area (TPSA) is 66.2 Å². The van der Waals surface area contributed by atoms with Crippen LogP contribution in [0.2, 0.25) is 5.02 Å². The summed E-state index contributed by atoms with van der Waals surface area (Å²) in [6, 6.07) is 7.43. The van der Waals surface area contributed by atoms with E-state index in [1.54, 1.807) is 18.7 Å². The Bertz CT molecular complexity index is 904. The highest BCUT2D eigenvalue weighted by molar-refractivity contribution is 6.38. The van der Waals surface area contributed by atoms with Crippen LogP contribution in [0.25, 0.3) is 16.7 Å². The molecule has 0 amide bonds. The third kappa shape index (κ3) is 2.69. The van der Waals surface area contributed by atoms with Gasteiger partial charge in [-0.2, -0.15) is 5.10 Å². The number of pyridine rings is 1. The number of aryl methyl sites for hydroxylation is 1. The van der Waals surface area contributed by atoms with Gasteiger partial charge in [-0.15, -0.1) is 0 Å². The molecule has 0 saturated heterocycles. The lowest BCUT2D eigenvalue weighted by Gasteiger charge is -2.06. The third-order valence-electron chi connectivity index (χ3n) is 3.62. The fraction of sp³-hybridized carbons (Fsp3) is 0.235. The van der Waals surface area contributed by atoms with Crippen molar-refractivity contribution >= 4 is 28.6 Å². The predicted octanol–water partition coefficient (Wildman–Crippen LogP) is 3.57. The Balaban J connectivity index is 2.15. The molecule has 0 aliphatic rings. The molecule has 2 heterocycles. The zero-order valence-corrected chi connectivity index (χ0v) is 14.3. The first kappa shape index (κ1) is 16.3. The van der Waals surface area contributed by atoms with E-state index in [2.05, 4.69) is 10.1 Å². The lowest BCUT2D eigenvalue weighted by molar-refractivity contribution is 0.0526. The molecule has 0 radical (unpaired) electrons. The van der Waals surface area contributed by atoms with Crippen LogP contribution in [-0.2, 0) is 4.74 Å². The maximum atomic E-state index is 12.0. The fourth-order valence-corrected chi connectivity index (χ4v) is 2.81. The van der Waals surface area contributed by atoms with Crippen molar-refractivity contribution in [1.82, 2.24) is 14.8 Å². The van der Waals surface area contributed by atoms with Crippen molar-refractivity contribution in [2.75, 3.05) is 13.7 Å². The second kappa shape index (κ2) is 6.49. The third-order valence-corrected chi connectivity index (χ3v) is 4.01. The van der Waals surface area contributed by atoms with E-state index in [4.69, 9.17) is 21.1 Å². The first-order valence-corrected chi connectivity index (χ1v) is 7.80. The minimum atomic E-state index is -0.492. The van der Waals surface area contributed by atoms with Gasteiger partial charge in [0.2, 0.25) is 0 Å². The van der Waals surface area contributed by atoms with E-state index in [9.17, 15) is 4.79 Å². The lowest BCUT2D eigenvalue weighted by Crippen LogP contribution is -2.06. The molecular formula is C17H16ClN3O3. The smallest absolute Gasteiger partial charge is 0.341 e. The molecule has 6 nitrogen and oxygen atoms in total. The van der Waals surface area contributed by atoms with Gasteiger partial charge < -0.3 is 9.47 Å². The molecule has 1 aromatic carbocycles. The summed E-state index contributed by atoms with van der Waals surface area (Å²) < 4.78 is 11.9. The Labute approximate surface area is 144 Å². The number of nitrogens with zero attached hydrogens (tertiary/aromatic N) is 3. The monoisotopic (exact) mass is 345 g/mol. The maximum Gasteiger partial charge on any atom is 0.341 e. The zero-order valence-electron chi connectivity index (χ0n) is 13.5. The molecule has 24 heavy (non-hydrogen) atoms. The average molecular weight is 346 g/mol. The van der Waals surface area contributed by atoms with Gasteiger partial charge in [0, 0.05) is 6.20 Å². The van der Waals surface area contributed by atoms with Gasteiger partial charge in [0.25, 0.3) is 0 Å². The summed E-state index contributed by atoms with van der Waals surface area (Å²) in [5, 5.41) is 5.44. The van der Waals surface area contributed by atoms with Gasteiger partial charge in [-0.25, -0.2) is 14.5 Å². The highest BCUT2D eigenvalue weighted by Crippen LogP contribution is 2.30. The summed E-state index contributed by atoms with van der Waals surface area (Å²) in [7, 11) is 1.61. The zero-order chi connectivity index (χ0) is 17.3. The maximum absolute atomic E-state index is 12.0. The SMILES string of the molecule is CCOC(=O)c1cnc2c(c(C)nn2-c2ccc(OC)cc2)c1Cl.